The predicted molar refractivity (Wildman–Crippen MR) is 119 cm³/mol. The number of nitrogens with zero attached hydrogens (tertiary/aromatic N) is 3. The summed E-state index contributed by atoms with van der Waals surface area (Å²) in [6.45, 7) is 16.6. The van der Waals surface area contributed by atoms with Gasteiger partial charge in [-0.25, -0.2) is 4.98 Å². The third-order valence-electron chi connectivity index (χ3n) is 5.31. The first-order valence-corrected chi connectivity index (χ1v) is 10.4. The van der Waals surface area contributed by atoms with E-state index in [1.807, 2.05) is 6.20 Å². The summed E-state index contributed by atoms with van der Waals surface area (Å²) < 4.78 is 0. The summed E-state index contributed by atoms with van der Waals surface area (Å²) in [6, 6.07) is 4.28. The van der Waals surface area contributed by atoms with Gasteiger partial charge in [-0.05, 0) is 68.4 Å². The van der Waals surface area contributed by atoms with Crippen molar-refractivity contribution >= 4 is 11.4 Å². The molecule has 0 aliphatic carbocycles. The molecule has 148 valence electrons. The second kappa shape index (κ2) is 10.3. The van der Waals surface area contributed by atoms with Crippen LogP contribution in [0.15, 0.2) is 48.3 Å². The number of unbranched alkanes of at least 4 members (excludes halogenated alkanes) is 1. The smallest absolute Gasteiger partial charge is 0.129 e. The lowest BCUT2D eigenvalue weighted by Crippen LogP contribution is -2.20. The van der Waals surface area contributed by atoms with Gasteiger partial charge in [-0.15, -0.1) is 0 Å². The van der Waals surface area contributed by atoms with Crippen molar-refractivity contribution in [1.82, 2.24) is 9.88 Å². The number of hydrogen-bond donors (Lipinski definition) is 0. The van der Waals surface area contributed by atoms with Crippen LogP contribution < -0.4 is 4.90 Å². The summed E-state index contributed by atoms with van der Waals surface area (Å²) in [6.07, 6.45) is 11.0. The third-order valence-corrected chi connectivity index (χ3v) is 5.31. The van der Waals surface area contributed by atoms with Gasteiger partial charge in [0.15, 0.2) is 0 Å². The number of anilines is 1. The molecule has 27 heavy (non-hydrogen) atoms. The molecule has 0 N–H and O–H groups in total. The molecule has 1 atom stereocenters. The van der Waals surface area contributed by atoms with E-state index in [1.54, 1.807) is 0 Å². The molecule has 0 saturated carbocycles. The van der Waals surface area contributed by atoms with E-state index >= 15 is 0 Å². The zero-order valence-corrected chi connectivity index (χ0v) is 18.0. The maximum absolute atomic E-state index is 4.57. The van der Waals surface area contributed by atoms with Crippen molar-refractivity contribution < 1.29 is 0 Å². The summed E-state index contributed by atoms with van der Waals surface area (Å²) in [5, 5.41) is 0. The van der Waals surface area contributed by atoms with Crippen LogP contribution in [0.4, 0.5) is 5.82 Å². The SMILES string of the molecule is C=C(C/C=C\C(=C(C)C)N(C)CCCC)c1ccnc(N2CC[C@@H](C)C2)c1. The summed E-state index contributed by atoms with van der Waals surface area (Å²) in [5.74, 6) is 1.85. The van der Waals surface area contributed by atoms with Gasteiger partial charge in [0.25, 0.3) is 0 Å². The van der Waals surface area contributed by atoms with Gasteiger partial charge in [0, 0.05) is 38.6 Å². The van der Waals surface area contributed by atoms with Crippen LogP contribution >= 0.6 is 0 Å². The average Bonchev–Trinajstić information content (AvgIpc) is 3.09. The van der Waals surface area contributed by atoms with Crippen molar-refractivity contribution in [3.63, 3.8) is 0 Å². The van der Waals surface area contributed by atoms with E-state index in [9.17, 15) is 0 Å². The second-order valence-corrected chi connectivity index (χ2v) is 8.11. The molecule has 0 spiro atoms. The average molecular weight is 368 g/mol. The first-order chi connectivity index (χ1) is 12.9. The Balaban J connectivity index is 2.00. The fourth-order valence-corrected chi connectivity index (χ4v) is 3.58. The highest BCUT2D eigenvalue weighted by Gasteiger charge is 2.19. The molecule has 3 nitrogen and oxygen atoms in total. The van der Waals surface area contributed by atoms with E-state index in [-0.39, 0.29) is 0 Å². The number of likely N-dealkylation sites (N-methyl/N-ethyl adjacent to an activating group) is 1. The van der Waals surface area contributed by atoms with Crippen LogP contribution in [-0.2, 0) is 0 Å². The maximum Gasteiger partial charge on any atom is 0.129 e. The van der Waals surface area contributed by atoms with Crippen molar-refractivity contribution in [2.24, 2.45) is 5.92 Å². The predicted octanol–water partition coefficient (Wildman–Crippen LogP) is 5.91. The highest BCUT2D eigenvalue weighted by Crippen LogP contribution is 2.25. The van der Waals surface area contributed by atoms with E-state index in [0.29, 0.717) is 0 Å². The summed E-state index contributed by atoms with van der Waals surface area (Å²) in [4.78, 5) is 9.32. The molecule has 1 aliphatic rings. The topological polar surface area (TPSA) is 19.4 Å². The number of rotatable bonds is 9. The van der Waals surface area contributed by atoms with E-state index in [4.69, 9.17) is 0 Å². The molecule has 1 fully saturated rings. The minimum atomic E-state index is 0.758. The van der Waals surface area contributed by atoms with Gasteiger partial charge in [-0.1, -0.05) is 38.5 Å². The molecule has 2 heterocycles. The van der Waals surface area contributed by atoms with Crippen molar-refractivity contribution in [1.29, 1.82) is 0 Å². The number of hydrogen-bond acceptors (Lipinski definition) is 3. The fraction of sp³-hybridized carbons (Fsp3) is 0.542. The van der Waals surface area contributed by atoms with Crippen molar-refractivity contribution in [3.8, 4) is 0 Å². The molecule has 0 bridgehead atoms. The van der Waals surface area contributed by atoms with E-state index in [1.165, 1.54) is 36.1 Å². The largest absolute Gasteiger partial charge is 0.375 e. The van der Waals surface area contributed by atoms with Gasteiger partial charge < -0.3 is 9.80 Å². The number of allylic oxidation sites excluding steroid dienone is 4. The van der Waals surface area contributed by atoms with Gasteiger partial charge in [0.2, 0.25) is 0 Å². The Labute approximate surface area is 166 Å². The normalized spacial score (nSPS) is 16.8. The van der Waals surface area contributed by atoms with Crippen LogP contribution in [0.25, 0.3) is 5.57 Å². The molecule has 1 aromatic heterocycles. The van der Waals surface area contributed by atoms with Crippen LogP contribution in [0.2, 0.25) is 0 Å². The van der Waals surface area contributed by atoms with Crippen molar-refractivity contribution in [2.45, 2.75) is 53.4 Å². The Kier molecular flexibility index (Phi) is 8.15. The zero-order valence-electron chi connectivity index (χ0n) is 18.0. The maximum atomic E-state index is 4.57. The van der Waals surface area contributed by atoms with Crippen LogP contribution in [0, 0.1) is 5.92 Å². The first kappa shape index (κ1) is 21.3. The highest BCUT2D eigenvalue weighted by atomic mass is 15.2. The summed E-state index contributed by atoms with van der Waals surface area (Å²) in [7, 11) is 2.18. The molecule has 2 rings (SSSR count). The standard InChI is InChI=1S/C24H37N3/c1-7-8-15-26(6)23(19(2)3)11-9-10-21(5)22-12-14-25-24(17-22)27-16-13-20(4)18-27/h9,11-12,14,17,20H,5,7-8,10,13,15-16,18H2,1-4,6H3/b11-9-/t20-/m1/s1. The fourth-order valence-electron chi connectivity index (χ4n) is 3.58. The highest BCUT2D eigenvalue weighted by molar-refractivity contribution is 5.67. The first-order valence-electron chi connectivity index (χ1n) is 10.4. The Morgan fingerprint density at radius 2 is 2.19 bits per heavy atom. The molecular weight excluding hydrogens is 330 g/mol. The lowest BCUT2D eigenvalue weighted by molar-refractivity contribution is 0.414. The number of aromatic nitrogens is 1. The number of pyridine rings is 1. The molecule has 0 unspecified atom stereocenters. The van der Waals surface area contributed by atoms with Gasteiger partial charge >= 0.3 is 0 Å². The van der Waals surface area contributed by atoms with Gasteiger partial charge in [-0.2, -0.15) is 0 Å². The zero-order chi connectivity index (χ0) is 19.8. The molecular formula is C24H37N3. The van der Waals surface area contributed by atoms with Gasteiger partial charge in [0.1, 0.15) is 5.82 Å². The van der Waals surface area contributed by atoms with Crippen molar-refractivity contribution in [3.05, 3.63) is 53.9 Å². The Morgan fingerprint density at radius 3 is 2.81 bits per heavy atom. The molecule has 0 radical (unpaired) electrons. The van der Waals surface area contributed by atoms with Gasteiger partial charge in [0.05, 0.1) is 0 Å². The molecule has 0 amide bonds. The Morgan fingerprint density at radius 1 is 1.41 bits per heavy atom. The molecule has 0 aromatic carbocycles. The molecule has 1 aliphatic heterocycles. The second-order valence-electron chi connectivity index (χ2n) is 8.11. The molecule has 1 saturated heterocycles. The monoisotopic (exact) mass is 367 g/mol. The van der Waals surface area contributed by atoms with Crippen LogP contribution in [0.3, 0.4) is 0 Å². The molecule has 3 heteroatoms. The van der Waals surface area contributed by atoms with Crippen LogP contribution in [-0.4, -0.2) is 36.6 Å². The van der Waals surface area contributed by atoms with E-state index < -0.39 is 0 Å². The van der Waals surface area contributed by atoms with Crippen LogP contribution in [0.5, 0.6) is 0 Å². The minimum Gasteiger partial charge on any atom is -0.375 e. The lowest BCUT2D eigenvalue weighted by atomic mass is 10.0. The van der Waals surface area contributed by atoms with Gasteiger partial charge in [-0.3, -0.25) is 0 Å². The van der Waals surface area contributed by atoms with Crippen LogP contribution in [0.1, 0.15) is 58.9 Å². The minimum absolute atomic E-state index is 0.758. The summed E-state index contributed by atoms with van der Waals surface area (Å²) in [5.41, 5.74) is 5.01. The Bertz CT molecular complexity index is 683. The summed E-state index contributed by atoms with van der Waals surface area (Å²) >= 11 is 0. The Hall–Kier alpha value is -2.03. The van der Waals surface area contributed by atoms with E-state index in [0.717, 1.165) is 43.4 Å². The van der Waals surface area contributed by atoms with Crippen molar-refractivity contribution in [2.75, 3.05) is 31.6 Å². The third kappa shape index (κ3) is 6.27. The molecule has 1 aromatic rings. The van der Waals surface area contributed by atoms with E-state index in [2.05, 4.69) is 80.4 Å². The lowest BCUT2D eigenvalue weighted by Gasteiger charge is -2.22. The quantitative estimate of drug-likeness (QED) is 0.506.